The molecule has 1 saturated heterocycles. The van der Waals surface area contributed by atoms with Gasteiger partial charge in [-0.25, -0.2) is 18.5 Å². The van der Waals surface area contributed by atoms with E-state index < -0.39 is 21.6 Å². The standard InChI is InChI=1S/C21H21N3O4S/c22-29(27,28)19-6-2-5-16-20(19)18(25)12-17(21(16)26)24-15-4-1-3-14(11-15)13-7-9-23-10-8-13/h1-6,11,13,23H,7-10,12H2,(H2,22,27,28). The third-order valence-corrected chi connectivity index (χ3v) is 6.34. The molecule has 1 aliphatic heterocycles. The number of piperidine rings is 1. The Kier molecular flexibility index (Phi) is 5.16. The first-order valence-corrected chi connectivity index (χ1v) is 11.0. The summed E-state index contributed by atoms with van der Waals surface area (Å²) in [4.78, 5) is 29.7. The fourth-order valence-electron chi connectivity index (χ4n) is 3.97. The lowest BCUT2D eigenvalue weighted by molar-refractivity contribution is 0.0962. The van der Waals surface area contributed by atoms with Gasteiger partial charge in [0.1, 0.15) is 0 Å². The molecule has 0 unspecified atom stereocenters. The summed E-state index contributed by atoms with van der Waals surface area (Å²) >= 11 is 0. The first-order valence-electron chi connectivity index (χ1n) is 9.46. The van der Waals surface area contributed by atoms with Gasteiger partial charge in [-0.15, -0.1) is 0 Å². The number of sulfonamides is 1. The summed E-state index contributed by atoms with van der Waals surface area (Å²) in [6.45, 7) is 1.94. The quantitative estimate of drug-likeness (QED) is 0.804. The largest absolute Gasteiger partial charge is 0.317 e. The van der Waals surface area contributed by atoms with Crippen LogP contribution >= 0.6 is 0 Å². The van der Waals surface area contributed by atoms with Gasteiger partial charge < -0.3 is 5.32 Å². The molecular formula is C21H21N3O4S. The molecule has 2 aromatic rings. The summed E-state index contributed by atoms with van der Waals surface area (Å²) in [5.74, 6) is -0.479. The number of ketones is 2. The number of rotatable bonds is 3. The number of fused-ring (bicyclic) bond motifs is 1. The molecule has 2 aromatic carbocycles. The van der Waals surface area contributed by atoms with E-state index in [0.717, 1.165) is 25.9 Å². The fraction of sp³-hybridized carbons (Fsp3) is 0.286. The highest BCUT2D eigenvalue weighted by atomic mass is 32.2. The predicted octanol–water partition coefficient (Wildman–Crippen LogP) is 2.34. The van der Waals surface area contributed by atoms with Crippen molar-refractivity contribution in [2.75, 3.05) is 13.1 Å². The summed E-state index contributed by atoms with van der Waals surface area (Å²) in [5.41, 5.74) is 1.78. The van der Waals surface area contributed by atoms with Crippen molar-refractivity contribution < 1.29 is 18.0 Å². The molecule has 150 valence electrons. The number of carbonyl (C=O) groups excluding carboxylic acids is 2. The van der Waals surface area contributed by atoms with E-state index >= 15 is 0 Å². The van der Waals surface area contributed by atoms with E-state index in [-0.39, 0.29) is 28.2 Å². The van der Waals surface area contributed by atoms with Crippen molar-refractivity contribution in [2.24, 2.45) is 10.1 Å². The second-order valence-corrected chi connectivity index (χ2v) is 8.86. The van der Waals surface area contributed by atoms with E-state index in [2.05, 4.69) is 16.4 Å². The zero-order valence-corrected chi connectivity index (χ0v) is 16.5. The number of nitrogens with two attached hydrogens (primary N) is 1. The topological polar surface area (TPSA) is 119 Å². The smallest absolute Gasteiger partial charge is 0.238 e. The maximum atomic E-state index is 12.9. The molecule has 3 N–H and O–H groups in total. The zero-order chi connectivity index (χ0) is 20.6. The van der Waals surface area contributed by atoms with Gasteiger partial charge in [-0.1, -0.05) is 24.3 Å². The Morgan fingerprint density at radius 3 is 2.48 bits per heavy atom. The Hall–Kier alpha value is -2.68. The molecule has 0 amide bonds. The average Bonchev–Trinajstić information content (AvgIpc) is 2.71. The summed E-state index contributed by atoms with van der Waals surface area (Å²) in [6.07, 6.45) is 1.83. The van der Waals surface area contributed by atoms with E-state index in [9.17, 15) is 18.0 Å². The van der Waals surface area contributed by atoms with E-state index in [0.29, 0.717) is 11.6 Å². The minimum absolute atomic E-state index is 0.0287. The van der Waals surface area contributed by atoms with Crippen LogP contribution in [-0.4, -0.2) is 38.8 Å². The fourth-order valence-corrected chi connectivity index (χ4v) is 4.75. The number of hydrogen-bond donors (Lipinski definition) is 2. The molecule has 0 radical (unpaired) electrons. The van der Waals surface area contributed by atoms with E-state index in [1.807, 2.05) is 12.1 Å². The Morgan fingerprint density at radius 1 is 1.03 bits per heavy atom. The van der Waals surface area contributed by atoms with Crippen LogP contribution in [0.4, 0.5) is 5.69 Å². The summed E-state index contributed by atoms with van der Waals surface area (Å²) < 4.78 is 23.6. The number of benzene rings is 2. The van der Waals surface area contributed by atoms with E-state index in [1.165, 1.54) is 23.8 Å². The minimum Gasteiger partial charge on any atom is -0.317 e. The number of carbonyl (C=O) groups is 2. The van der Waals surface area contributed by atoms with Crippen LogP contribution in [0.5, 0.6) is 0 Å². The van der Waals surface area contributed by atoms with Crippen molar-refractivity contribution in [3.05, 3.63) is 59.2 Å². The molecule has 0 aromatic heterocycles. The van der Waals surface area contributed by atoms with Crippen LogP contribution in [0.15, 0.2) is 52.4 Å². The Bertz CT molecular complexity index is 1130. The van der Waals surface area contributed by atoms with E-state index in [1.54, 1.807) is 6.07 Å². The SMILES string of the molecule is NS(=O)(=O)c1cccc2c1C(=O)CC(=Nc1cccc(C3CCNCC3)c1)C2=O. The lowest BCUT2D eigenvalue weighted by Gasteiger charge is -2.23. The van der Waals surface area contributed by atoms with E-state index in [4.69, 9.17) is 5.14 Å². The van der Waals surface area contributed by atoms with Gasteiger partial charge in [-0.2, -0.15) is 0 Å². The normalized spacial score (nSPS) is 19.4. The summed E-state index contributed by atoms with van der Waals surface area (Å²) in [5, 5.41) is 8.55. The molecule has 1 heterocycles. The second kappa shape index (κ2) is 7.62. The van der Waals surface area contributed by atoms with Crippen LogP contribution in [0.25, 0.3) is 0 Å². The van der Waals surface area contributed by atoms with Gasteiger partial charge in [-0.05, 0) is 55.6 Å². The van der Waals surface area contributed by atoms with Crippen LogP contribution < -0.4 is 10.5 Å². The molecule has 1 fully saturated rings. The second-order valence-electron chi connectivity index (χ2n) is 7.33. The van der Waals surface area contributed by atoms with Gasteiger partial charge in [0.2, 0.25) is 15.8 Å². The molecule has 29 heavy (non-hydrogen) atoms. The Morgan fingerprint density at radius 2 is 1.76 bits per heavy atom. The average molecular weight is 411 g/mol. The summed E-state index contributed by atoms with van der Waals surface area (Å²) in [7, 11) is -4.11. The summed E-state index contributed by atoms with van der Waals surface area (Å²) in [6, 6.07) is 11.8. The first-order chi connectivity index (χ1) is 13.8. The Labute approximate surface area is 169 Å². The van der Waals surface area contributed by atoms with Crippen molar-refractivity contribution in [3.8, 4) is 0 Å². The van der Waals surface area contributed by atoms with Crippen LogP contribution in [0.1, 0.15) is 51.5 Å². The number of primary sulfonamides is 1. The van der Waals surface area contributed by atoms with Crippen molar-refractivity contribution >= 4 is 33.0 Å². The number of nitrogens with one attached hydrogen (secondary N) is 1. The Balaban J connectivity index is 1.71. The molecule has 0 atom stereocenters. The minimum atomic E-state index is -4.11. The lowest BCUT2D eigenvalue weighted by atomic mass is 9.88. The highest BCUT2D eigenvalue weighted by molar-refractivity contribution is 7.89. The van der Waals surface area contributed by atoms with Gasteiger partial charge in [0.25, 0.3) is 0 Å². The van der Waals surface area contributed by atoms with Gasteiger partial charge >= 0.3 is 0 Å². The highest BCUT2D eigenvalue weighted by Crippen LogP contribution is 2.30. The molecule has 0 bridgehead atoms. The molecule has 8 heteroatoms. The van der Waals surface area contributed by atoms with Crippen LogP contribution in [0.3, 0.4) is 0 Å². The predicted molar refractivity (Wildman–Crippen MR) is 109 cm³/mol. The molecular weight excluding hydrogens is 390 g/mol. The first kappa shape index (κ1) is 19.6. The van der Waals surface area contributed by atoms with Crippen LogP contribution in [0.2, 0.25) is 0 Å². The van der Waals surface area contributed by atoms with Crippen molar-refractivity contribution in [1.82, 2.24) is 5.32 Å². The number of Topliss-reactive ketones (excluding diaryl/α,β-unsaturated/α-hetero) is 2. The van der Waals surface area contributed by atoms with Crippen LogP contribution in [0, 0.1) is 0 Å². The van der Waals surface area contributed by atoms with Crippen molar-refractivity contribution in [2.45, 2.75) is 30.1 Å². The number of nitrogens with zero attached hydrogens (tertiary/aromatic N) is 1. The molecule has 0 spiro atoms. The maximum Gasteiger partial charge on any atom is 0.238 e. The highest BCUT2D eigenvalue weighted by Gasteiger charge is 2.33. The molecule has 0 saturated carbocycles. The van der Waals surface area contributed by atoms with Gasteiger partial charge in [-0.3, -0.25) is 9.59 Å². The zero-order valence-electron chi connectivity index (χ0n) is 15.7. The number of aliphatic imine (C=N–C) groups is 1. The van der Waals surface area contributed by atoms with Crippen LogP contribution in [-0.2, 0) is 10.0 Å². The molecule has 7 nitrogen and oxygen atoms in total. The van der Waals surface area contributed by atoms with Gasteiger partial charge in [0.05, 0.1) is 22.7 Å². The third-order valence-electron chi connectivity index (χ3n) is 5.39. The molecule has 1 aliphatic carbocycles. The van der Waals surface area contributed by atoms with Gasteiger partial charge in [0.15, 0.2) is 5.78 Å². The van der Waals surface area contributed by atoms with Crippen molar-refractivity contribution in [3.63, 3.8) is 0 Å². The monoisotopic (exact) mass is 411 g/mol. The third kappa shape index (κ3) is 3.91. The maximum absolute atomic E-state index is 12.9. The molecule has 2 aliphatic rings. The lowest BCUT2D eigenvalue weighted by Crippen LogP contribution is -2.30. The van der Waals surface area contributed by atoms with Crippen molar-refractivity contribution in [1.29, 1.82) is 0 Å². The van der Waals surface area contributed by atoms with Gasteiger partial charge in [0, 0.05) is 11.1 Å². The number of hydrogen-bond acceptors (Lipinski definition) is 6. The molecule has 4 rings (SSSR count).